The molecule has 170 valence electrons. The lowest BCUT2D eigenvalue weighted by Gasteiger charge is -2.29. The van der Waals surface area contributed by atoms with Crippen LogP contribution in [0.2, 0.25) is 0 Å². The number of likely N-dealkylation sites (tertiary alicyclic amines) is 1. The van der Waals surface area contributed by atoms with Crippen molar-refractivity contribution in [3.05, 3.63) is 71.8 Å². The minimum absolute atomic E-state index is 0.188. The number of ether oxygens (including phenoxy) is 1. The molecule has 0 radical (unpaired) electrons. The van der Waals surface area contributed by atoms with Crippen LogP contribution in [-0.4, -0.2) is 42.3 Å². The maximum Gasteiger partial charge on any atom is 0.416 e. The number of amides is 1. The Morgan fingerprint density at radius 2 is 1.94 bits per heavy atom. The number of aromatic nitrogens is 5. The van der Waals surface area contributed by atoms with Crippen LogP contribution >= 0.6 is 0 Å². The number of alkyl halides is 3. The molecule has 2 aliphatic rings. The largest absolute Gasteiger partial charge is 0.445 e. The highest BCUT2D eigenvalue weighted by Crippen LogP contribution is 2.48. The van der Waals surface area contributed by atoms with Gasteiger partial charge in [0.25, 0.3) is 5.91 Å². The first-order valence-corrected chi connectivity index (χ1v) is 10.3. The molecule has 11 heteroatoms. The summed E-state index contributed by atoms with van der Waals surface area (Å²) in [4.78, 5) is 24.8. The van der Waals surface area contributed by atoms with Gasteiger partial charge in [0.05, 0.1) is 23.7 Å². The van der Waals surface area contributed by atoms with E-state index in [1.165, 1.54) is 23.5 Å². The third-order valence-electron chi connectivity index (χ3n) is 5.78. The second-order valence-electron chi connectivity index (χ2n) is 8.12. The van der Waals surface area contributed by atoms with Gasteiger partial charge in [-0.2, -0.15) is 23.4 Å². The van der Waals surface area contributed by atoms with Gasteiger partial charge < -0.3 is 9.64 Å². The molecule has 5 rings (SSSR count). The second kappa shape index (κ2) is 7.98. The summed E-state index contributed by atoms with van der Waals surface area (Å²) in [6.07, 6.45) is 2.42. The standard InChI is InChI=1S/C22H19F3N6O2/c1-13-2-3-18(31-27-6-7-28-31)20(29-13)21(32)30-11-15-8-14(15)9-17(30)12-33-19-10-16(4-5-26-19)22(23,24)25/h2-7,10,12,14-15H,8-9,11H2,1H3/b17-12+/t14-,15+/m0/s1. The zero-order chi connectivity index (χ0) is 23.2. The minimum Gasteiger partial charge on any atom is -0.445 e. The number of nitrogens with zero attached hydrogens (tertiary/aromatic N) is 6. The van der Waals surface area contributed by atoms with Gasteiger partial charge in [-0.15, -0.1) is 4.80 Å². The molecule has 3 aromatic rings. The van der Waals surface area contributed by atoms with Crippen LogP contribution < -0.4 is 4.74 Å². The van der Waals surface area contributed by atoms with Gasteiger partial charge in [0, 0.05) is 24.5 Å². The van der Waals surface area contributed by atoms with Gasteiger partial charge in [-0.1, -0.05) is 0 Å². The Hall–Kier alpha value is -3.76. The first-order valence-electron chi connectivity index (χ1n) is 10.3. The van der Waals surface area contributed by atoms with E-state index < -0.39 is 11.7 Å². The third kappa shape index (κ3) is 4.30. The first kappa shape index (κ1) is 21.1. The molecule has 1 saturated heterocycles. The lowest BCUT2D eigenvalue weighted by Crippen LogP contribution is -2.37. The van der Waals surface area contributed by atoms with Gasteiger partial charge in [-0.25, -0.2) is 9.97 Å². The molecule has 0 unspecified atom stereocenters. The van der Waals surface area contributed by atoms with E-state index in [1.54, 1.807) is 24.0 Å². The summed E-state index contributed by atoms with van der Waals surface area (Å²) in [5.74, 6) is 0.269. The van der Waals surface area contributed by atoms with Crippen molar-refractivity contribution >= 4 is 5.91 Å². The first-order chi connectivity index (χ1) is 15.8. The Labute approximate surface area is 186 Å². The zero-order valence-electron chi connectivity index (χ0n) is 17.5. The van der Waals surface area contributed by atoms with Gasteiger partial charge in [0.15, 0.2) is 5.69 Å². The van der Waals surface area contributed by atoms with Crippen LogP contribution in [0.3, 0.4) is 0 Å². The summed E-state index contributed by atoms with van der Waals surface area (Å²) in [5.41, 5.74) is 0.998. The Balaban J connectivity index is 1.45. The van der Waals surface area contributed by atoms with Gasteiger partial charge in [-0.3, -0.25) is 4.79 Å². The van der Waals surface area contributed by atoms with Crippen molar-refractivity contribution < 1.29 is 22.7 Å². The Kier molecular flexibility index (Phi) is 5.10. The SMILES string of the molecule is Cc1ccc(-n2nccn2)c(C(=O)N2C[C@H]3C[C@H]3C/C2=C\Oc2cc(C(F)(F)F)ccn2)n1. The fourth-order valence-electron chi connectivity index (χ4n) is 3.95. The van der Waals surface area contributed by atoms with Crippen LogP contribution in [-0.2, 0) is 6.18 Å². The molecule has 1 aliphatic heterocycles. The average Bonchev–Trinajstić information content (AvgIpc) is 3.34. The fourth-order valence-corrected chi connectivity index (χ4v) is 3.95. The number of hydrogen-bond acceptors (Lipinski definition) is 6. The smallest absolute Gasteiger partial charge is 0.416 e. The fraction of sp³-hybridized carbons (Fsp3) is 0.318. The molecule has 2 fully saturated rings. The summed E-state index contributed by atoms with van der Waals surface area (Å²) in [7, 11) is 0. The van der Waals surface area contributed by atoms with Crippen LogP contribution in [0.5, 0.6) is 5.88 Å². The van der Waals surface area contributed by atoms with Crippen LogP contribution in [0.15, 0.2) is 54.8 Å². The number of carbonyl (C=O) groups is 1. The van der Waals surface area contributed by atoms with Crippen molar-refractivity contribution in [3.8, 4) is 11.6 Å². The van der Waals surface area contributed by atoms with Gasteiger partial charge in [0.1, 0.15) is 11.9 Å². The van der Waals surface area contributed by atoms with E-state index in [0.29, 0.717) is 41.9 Å². The maximum absolute atomic E-state index is 13.6. The highest BCUT2D eigenvalue weighted by atomic mass is 19.4. The minimum atomic E-state index is -4.50. The van der Waals surface area contributed by atoms with Crippen LogP contribution in [0, 0.1) is 18.8 Å². The molecule has 0 aromatic carbocycles. The Morgan fingerprint density at radius 3 is 2.70 bits per heavy atom. The van der Waals surface area contributed by atoms with Crippen molar-refractivity contribution in [2.45, 2.75) is 25.9 Å². The van der Waals surface area contributed by atoms with Gasteiger partial charge in [-0.05, 0) is 49.8 Å². The summed E-state index contributed by atoms with van der Waals surface area (Å²) in [6, 6.07) is 5.20. The number of piperidine rings is 1. The van der Waals surface area contributed by atoms with Crippen LogP contribution in [0.4, 0.5) is 13.2 Å². The molecule has 0 bridgehead atoms. The van der Waals surface area contributed by atoms with E-state index in [0.717, 1.165) is 24.8 Å². The number of allylic oxidation sites excluding steroid dienone is 1. The number of halogens is 3. The summed E-state index contributed by atoms with van der Waals surface area (Å²) >= 11 is 0. The molecule has 8 nitrogen and oxygen atoms in total. The quantitative estimate of drug-likeness (QED) is 0.556. The lowest BCUT2D eigenvalue weighted by molar-refractivity contribution is -0.137. The van der Waals surface area contributed by atoms with Gasteiger partial charge >= 0.3 is 6.18 Å². The second-order valence-corrected chi connectivity index (χ2v) is 8.12. The van der Waals surface area contributed by atoms with E-state index in [9.17, 15) is 18.0 Å². The van der Waals surface area contributed by atoms with Gasteiger partial charge in [0.2, 0.25) is 5.88 Å². The maximum atomic E-state index is 13.6. The van der Waals surface area contributed by atoms with Crippen molar-refractivity contribution in [3.63, 3.8) is 0 Å². The Bertz CT molecular complexity index is 1230. The van der Waals surface area contributed by atoms with E-state index in [1.807, 2.05) is 0 Å². The van der Waals surface area contributed by atoms with Crippen LogP contribution in [0.1, 0.15) is 34.6 Å². The Morgan fingerprint density at radius 1 is 1.15 bits per heavy atom. The molecule has 1 aliphatic carbocycles. The highest BCUT2D eigenvalue weighted by molar-refractivity contribution is 5.97. The molecule has 2 atom stereocenters. The third-order valence-corrected chi connectivity index (χ3v) is 5.78. The van der Waals surface area contributed by atoms with Crippen molar-refractivity contribution in [1.29, 1.82) is 0 Å². The number of fused-ring (bicyclic) bond motifs is 1. The molecule has 0 spiro atoms. The highest BCUT2D eigenvalue weighted by Gasteiger charge is 2.46. The predicted octanol–water partition coefficient (Wildman–Crippen LogP) is 3.79. The summed E-state index contributed by atoms with van der Waals surface area (Å²) in [6.45, 7) is 2.26. The topological polar surface area (TPSA) is 86.0 Å². The summed E-state index contributed by atoms with van der Waals surface area (Å²) in [5, 5.41) is 8.21. The normalized spacial score (nSPS) is 21.1. The lowest BCUT2D eigenvalue weighted by atomic mass is 10.1. The average molecular weight is 456 g/mol. The zero-order valence-corrected chi connectivity index (χ0v) is 17.5. The van der Waals surface area contributed by atoms with Crippen LogP contribution in [0.25, 0.3) is 5.69 Å². The number of rotatable bonds is 4. The monoisotopic (exact) mass is 456 g/mol. The molecule has 4 heterocycles. The number of hydrogen-bond donors (Lipinski definition) is 0. The molecule has 33 heavy (non-hydrogen) atoms. The van der Waals surface area contributed by atoms with Crippen molar-refractivity contribution in [2.75, 3.05) is 6.54 Å². The number of carbonyl (C=O) groups excluding carboxylic acids is 1. The molecule has 1 saturated carbocycles. The van der Waals surface area contributed by atoms with E-state index in [4.69, 9.17) is 4.74 Å². The van der Waals surface area contributed by atoms with Crippen molar-refractivity contribution in [1.82, 2.24) is 29.9 Å². The number of pyridine rings is 2. The van der Waals surface area contributed by atoms with E-state index >= 15 is 0 Å². The van der Waals surface area contributed by atoms with E-state index in [-0.39, 0.29) is 17.5 Å². The predicted molar refractivity (Wildman–Crippen MR) is 109 cm³/mol. The molecular weight excluding hydrogens is 437 g/mol. The molecular formula is C22H19F3N6O2. The molecule has 3 aromatic heterocycles. The van der Waals surface area contributed by atoms with E-state index in [2.05, 4.69) is 20.2 Å². The molecule has 0 N–H and O–H groups in total. The molecule has 1 amide bonds. The summed E-state index contributed by atoms with van der Waals surface area (Å²) < 4.78 is 44.4. The number of aryl methyl sites for hydroxylation is 1. The van der Waals surface area contributed by atoms with Crippen molar-refractivity contribution in [2.24, 2.45) is 11.8 Å².